The van der Waals surface area contributed by atoms with Crippen molar-refractivity contribution < 1.29 is 9.84 Å². The molecule has 2 aliphatic rings. The molecule has 3 N–H and O–H groups in total. The molecule has 2 aromatic heterocycles. The molecule has 2 atom stereocenters. The molecule has 33 heavy (non-hydrogen) atoms. The summed E-state index contributed by atoms with van der Waals surface area (Å²) in [6.45, 7) is 8.32. The number of aliphatic hydroxyl groups excluding tert-OH is 1. The fourth-order valence-electron chi connectivity index (χ4n) is 5.40. The molecule has 8 heteroatoms. The van der Waals surface area contributed by atoms with Gasteiger partial charge in [-0.15, -0.1) is 0 Å². The standard InChI is InChI=1S/C24H32N6O2.CH4/c1-14-18-6-5-17(11-20(18)29(4)28-14)21-15(2)26-23(19(12-31)27-21)30-9-7-24(8-10-30)13-32-16(3)22(24)25;/h5-6,11,16,22,31H,7-10,12-13,25H2,1-4H3;1H4/t16-,22+;/m0./s1. The first-order valence-corrected chi connectivity index (χ1v) is 11.4. The molecule has 0 saturated carbocycles. The zero-order valence-electron chi connectivity index (χ0n) is 19.3. The van der Waals surface area contributed by atoms with Crippen LogP contribution in [0.5, 0.6) is 0 Å². The summed E-state index contributed by atoms with van der Waals surface area (Å²) in [6, 6.07) is 6.31. The highest BCUT2D eigenvalue weighted by atomic mass is 16.5. The van der Waals surface area contributed by atoms with Crippen LogP contribution in [0.2, 0.25) is 0 Å². The largest absolute Gasteiger partial charge is 0.390 e. The van der Waals surface area contributed by atoms with Crippen molar-refractivity contribution in [3.63, 3.8) is 0 Å². The van der Waals surface area contributed by atoms with Crippen LogP contribution in [0.1, 0.15) is 44.3 Å². The van der Waals surface area contributed by atoms with Crippen LogP contribution in [0.25, 0.3) is 22.2 Å². The number of anilines is 1. The van der Waals surface area contributed by atoms with Crippen LogP contribution >= 0.6 is 0 Å². The van der Waals surface area contributed by atoms with E-state index in [4.69, 9.17) is 20.4 Å². The summed E-state index contributed by atoms with van der Waals surface area (Å²) in [5, 5.41) is 15.8. The van der Waals surface area contributed by atoms with Crippen molar-refractivity contribution >= 4 is 16.7 Å². The maximum absolute atomic E-state index is 10.1. The molecule has 0 amide bonds. The second-order valence-electron chi connectivity index (χ2n) is 9.42. The highest BCUT2D eigenvalue weighted by Crippen LogP contribution is 2.42. The van der Waals surface area contributed by atoms with Gasteiger partial charge in [-0.3, -0.25) is 4.68 Å². The number of hydrogen-bond donors (Lipinski definition) is 2. The number of aliphatic hydroxyl groups is 1. The highest BCUT2D eigenvalue weighted by Gasteiger charge is 2.47. The van der Waals surface area contributed by atoms with E-state index in [-0.39, 0.29) is 31.6 Å². The van der Waals surface area contributed by atoms with Crippen LogP contribution in [0.3, 0.4) is 0 Å². The van der Waals surface area contributed by atoms with Crippen molar-refractivity contribution in [1.82, 2.24) is 19.7 Å². The Morgan fingerprint density at radius 1 is 1.18 bits per heavy atom. The zero-order valence-corrected chi connectivity index (χ0v) is 19.3. The molecule has 4 heterocycles. The van der Waals surface area contributed by atoms with Gasteiger partial charge in [-0.2, -0.15) is 5.10 Å². The number of benzene rings is 1. The van der Waals surface area contributed by atoms with Gasteiger partial charge in [0.25, 0.3) is 0 Å². The highest BCUT2D eigenvalue weighted by molar-refractivity contribution is 5.86. The van der Waals surface area contributed by atoms with Gasteiger partial charge < -0.3 is 20.5 Å². The first kappa shape index (κ1) is 23.6. The molecule has 0 radical (unpaired) electrons. The van der Waals surface area contributed by atoms with E-state index < -0.39 is 0 Å². The molecule has 0 unspecified atom stereocenters. The minimum atomic E-state index is -0.149. The van der Waals surface area contributed by atoms with Crippen molar-refractivity contribution in [2.75, 3.05) is 24.6 Å². The summed E-state index contributed by atoms with van der Waals surface area (Å²) in [4.78, 5) is 12.0. The van der Waals surface area contributed by atoms with E-state index in [1.165, 1.54) is 0 Å². The van der Waals surface area contributed by atoms with E-state index in [1.54, 1.807) is 0 Å². The summed E-state index contributed by atoms with van der Waals surface area (Å²) in [5.41, 5.74) is 11.8. The number of aromatic nitrogens is 4. The number of rotatable bonds is 3. The predicted octanol–water partition coefficient (Wildman–Crippen LogP) is 3.11. The van der Waals surface area contributed by atoms with Crippen molar-refractivity contribution in [3.05, 3.63) is 35.3 Å². The van der Waals surface area contributed by atoms with Crippen molar-refractivity contribution in [2.45, 2.75) is 59.8 Å². The Kier molecular flexibility index (Phi) is 6.20. The van der Waals surface area contributed by atoms with Crippen LogP contribution in [-0.2, 0) is 18.4 Å². The fraction of sp³-hybridized carbons (Fsp3) is 0.560. The van der Waals surface area contributed by atoms with Gasteiger partial charge >= 0.3 is 0 Å². The monoisotopic (exact) mass is 452 g/mol. The van der Waals surface area contributed by atoms with Gasteiger partial charge in [0, 0.05) is 42.5 Å². The molecule has 0 aliphatic carbocycles. The number of nitrogens with zero attached hydrogens (tertiary/aromatic N) is 5. The minimum absolute atomic E-state index is 0. The van der Waals surface area contributed by atoms with Crippen molar-refractivity contribution in [1.29, 1.82) is 0 Å². The zero-order chi connectivity index (χ0) is 22.6. The van der Waals surface area contributed by atoms with Crippen LogP contribution in [0.15, 0.2) is 18.2 Å². The summed E-state index contributed by atoms with van der Waals surface area (Å²) >= 11 is 0. The molecule has 3 aromatic rings. The number of hydrogen-bond acceptors (Lipinski definition) is 7. The van der Waals surface area contributed by atoms with Gasteiger partial charge in [0.1, 0.15) is 5.69 Å². The summed E-state index contributed by atoms with van der Waals surface area (Å²) in [6.07, 6.45) is 2.03. The molecule has 2 aliphatic heterocycles. The number of fused-ring (bicyclic) bond motifs is 1. The molecule has 178 valence electrons. The molecule has 8 nitrogen and oxygen atoms in total. The number of nitrogens with two attached hydrogens (primary N) is 1. The second-order valence-corrected chi connectivity index (χ2v) is 9.42. The summed E-state index contributed by atoms with van der Waals surface area (Å²) in [5.74, 6) is 0.779. The normalized spacial score (nSPS) is 22.2. The second kappa shape index (κ2) is 8.66. The first-order valence-electron chi connectivity index (χ1n) is 11.4. The Hall–Kier alpha value is -2.55. The average molecular weight is 453 g/mol. The van der Waals surface area contributed by atoms with Crippen molar-refractivity contribution in [2.24, 2.45) is 18.2 Å². The van der Waals surface area contributed by atoms with E-state index in [1.807, 2.05) is 25.6 Å². The third-order valence-electron chi connectivity index (χ3n) is 7.49. The summed E-state index contributed by atoms with van der Waals surface area (Å²) in [7, 11) is 1.95. The van der Waals surface area contributed by atoms with Gasteiger partial charge in [-0.1, -0.05) is 19.6 Å². The van der Waals surface area contributed by atoms with Crippen LogP contribution in [-0.4, -0.2) is 56.7 Å². The van der Waals surface area contributed by atoms with E-state index in [0.29, 0.717) is 5.69 Å². The van der Waals surface area contributed by atoms with E-state index in [9.17, 15) is 5.11 Å². The SMILES string of the molecule is C.Cc1nc(N2CCC3(CC2)CO[C@@H](C)[C@H]3N)c(CO)nc1-c1ccc2c(C)nn(C)c2c1. The van der Waals surface area contributed by atoms with E-state index >= 15 is 0 Å². The van der Waals surface area contributed by atoms with Gasteiger partial charge in [-0.05, 0) is 39.7 Å². The average Bonchev–Trinajstić information content (AvgIpc) is 3.24. The number of aryl methyl sites for hydroxylation is 3. The lowest BCUT2D eigenvalue weighted by molar-refractivity contribution is 0.0973. The van der Waals surface area contributed by atoms with Crippen LogP contribution < -0.4 is 10.6 Å². The molecule has 5 rings (SSSR count). The Labute approximate surface area is 195 Å². The summed E-state index contributed by atoms with van der Waals surface area (Å²) < 4.78 is 7.74. The molecular weight excluding hydrogens is 416 g/mol. The maximum atomic E-state index is 10.1. The lowest BCUT2D eigenvalue weighted by atomic mass is 9.73. The lowest BCUT2D eigenvalue weighted by Gasteiger charge is -2.42. The van der Waals surface area contributed by atoms with Gasteiger partial charge in [0.2, 0.25) is 0 Å². The molecular formula is C25H36N6O2. The third-order valence-corrected chi connectivity index (χ3v) is 7.49. The molecule has 2 saturated heterocycles. The fourth-order valence-corrected chi connectivity index (χ4v) is 5.40. The van der Waals surface area contributed by atoms with E-state index in [2.05, 4.69) is 35.1 Å². The topological polar surface area (TPSA) is 102 Å². The predicted molar refractivity (Wildman–Crippen MR) is 131 cm³/mol. The Balaban J connectivity index is 0.00000259. The van der Waals surface area contributed by atoms with Gasteiger partial charge in [-0.25, -0.2) is 9.97 Å². The molecule has 0 bridgehead atoms. The molecule has 1 spiro atoms. The smallest absolute Gasteiger partial charge is 0.153 e. The Morgan fingerprint density at radius 3 is 2.55 bits per heavy atom. The minimum Gasteiger partial charge on any atom is -0.390 e. The van der Waals surface area contributed by atoms with Gasteiger partial charge in [0.05, 0.1) is 41.9 Å². The number of ether oxygens (including phenoxy) is 1. The van der Waals surface area contributed by atoms with Gasteiger partial charge in [0.15, 0.2) is 5.82 Å². The number of piperidine rings is 1. The maximum Gasteiger partial charge on any atom is 0.153 e. The van der Waals surface area contributed by atoms with Crippen LogP contribution in [0, 0.1) is 19.3 Å². The first-order chi connectivity index (χ1) is 15.3. The molecule has 1 aromatic carbocycles. The molecule has 2 fully saturated rings. The quantitative estimate of drug-likeness (QED) is 0.629. The Morgan fingerprint density at radius 2 is 1.91 bits per heavy atom. The Bertz CT molecular complexity index is 1170. The van der Waals surface area contributed by atoms with E-state index in [0.717, 1.165) is 71.9 Å². The van der Waals surface area contributed by atoms with Crippen LogP contribution in [0.4, 0.5) is 5.82 Å². The third kappa shape index (κ3) is 3.80. The van der Waals surface area contributed by atoms with Crippen molar-refractivity contribution in [3.8, 4) is 11.3 Å². The lowest BCUT2D eigenvalue weighted by Crippen LogP contribution is -2.51.